The summed E-state index contributed by atoms with van der Waals surface area (Å²) in [6.07, 6.45) is 0. The van der Waals surface area contributed by atoms with E-state index in [1.165, 1.54) is 4.57 Å². The van der Waals surface area contributed by atoms with Gasteiger partial charge in [-0.2, -0.15) is 0 Å². The maximum Gasteiger partial charge on any atom is 0.166 e. The molecule has 262 valence electrons. The van der Waals surface area contributed by atoms with E-state index in [-0.39, 0.29) is 27.6 Å². The van der Waals surface area contributed by atoms with Crippen LogP contribution in [0, 0.1) is 0 Å². The Bertz CT molecular complexity index is 3640. The molecule has 0 N–H and O–H groups in total. The SMILES string of the molecule is [2H]c1c([2H])c([2H])c2c(c1[2H])c1c([2H])c([2H])c([2H])c([2H])c1n2-c1ccc(-c2cccc(-c3ccccc3)c2)cc1-c1nc(-c2ccccc2)nc(-c2ccc3c(c2)oc2ccccc23)n1. The molecule has 11 aromatic rings. The van der Waals surface area contributed by atoms with Gasteiger partial charge in [0.05, 0.1) is 27.7 Å². The maximum absolute atomic E-state index is 9.27. The van der Waals surface area contributed by atoms with Crippen molar-refractivity contribution in [3.05, 3.63) is 194 Å². The predicted molar refractivity (Wildman–Crippen MR) is 229 cm³/mol. The van der Waals surface area contributed by atoms with Gasteiger partial charge in [-0.25, -0.2) is 15.0 Å². The average molecular weight is 725 g/mol. The Balaban J connectivity index is 1.25. The first-order chi connectivity index (χ1) is 31.1. The molecule has 3 heterocycles. The van der Waals surface area contributed by atoms with Gasteiger partial charge in [0, 0.05) is 38.2 Å². The maximum atomic E-state index is 9.27. The molecule has 0 bridgehead atoms. The van der Waals surface area contributed by atoms with Crippen LogP contribution >= 0.6 is 0 Å². The molecule has 0 fully saturated rings. The summed E-state index contributed by atoms with van der Waals surface area (Å²) >= 11 is 0. The zero-order valence-electron chi connectivity index (χ0n) is 37.6. The fraction of sp³-hybridized carbons (Fsp3) is 0. The second-order valence-electron chi connectivity index (χ2n) is 13.4. The molecule has 0 spiro atoms. The molecule has 0 saturated heterocycles. The van der Waals surface area contributed by atoms with E-state index >= 15 is 0 Å². The lowest BCUT2D eigenvalue weighted by Gasteiger charge is -2.16. The van der Waals surface area contributed by atoms with Crippen LogP contribution in [0.5, 0.6) is 0 Å². The smallest absolute Gasteiger partial charge is 0.166 e. The summed E-state index contributed by atoms with van der Waals surface area (Å²) < 4.78 is 79.3. The molecule has 0 radical (unpaired) electrons. The number of benzene rings is 8. The van der Waals surface area contributed by atoms with Crippen molar-refractivity contribution in [3.8, 4) is 62.1 Å². The zero-order valence-corrected chi connectivity index (χ0v) is 29.6. The number of rotatable bonds is 6. The number of aromatic nitrogens is 4. The molecule has 11 rings (SSSR count). The van der Waals surface area contributed by atoms with Crippen LogP contribution in [-0.4, -0.2) is 19.5 Å². The summed E-state index contributed by atoms with van der Waals surface area (Å²) in [5.41, 5.74) is 7.13. The summed E-state index contributed by atoms with van der Waals surface area (Å²) in [5, 5.41) is 1.86. The lowest BCUT2D eigenvalue weighted by Crippen LogP contribution is -2.04. The van der Waals surface area contributed by atoms with Gasteiger partial charge in [-0.1, -0.05) is 145 Å². The largest absolute Gasteiger partial charge is 0.456 e. The Kier molecular flexibility index (Phi) is 5.74. The quantitative estimate of drug-likeness (QED) is 0.171. The van der Waals surface area contributed by atoms with Crippen LogP contribution in [-0.2, 0) is 0 Å². The Morgan fingerprint density at radius 2 is 0.946 bits per heavy atom. The summed E-state index contributed by atoms with van der Waals surface area (Å²) in [4.78, 5) is 15.3. The van der Waals surface area contributed by atoms with E-state index in [0.717, 1.165) is 38.6 Å². The van der Waals surface area contributed by atoms with Crippen LogP contribution in [0.15, 0.2) is 198 Å². The number of hydrogen-bond donors (Lipinski definition) is 0. The van der Waals surface area contributed by atoms with Crippen molar-refractivity contribution in [2.75, 3.05) is 0 Å². The molecule has 56 heavy (non-hydrogen) atoms. The van der Waals surface area contributed by atoms with Gasteiger partial charge in [0.2, 0.25) is 0 Å². The Hall–Kier alpha value is -7.63. The number of furan rings is 1. The van der Waals surface area contributed by atoms with Crippen LogP contribution in [0.3, 0.4) is 0 Å². The zero-order chi connectivity index (χ0) is 44.0. The van der Waals surface area contributed by atoms with Crippen molar-refractivity contribution in [1.29, 1.82) is 0 Å². The van der Waals surface area contributed by atoms with Gasteiger partial charge < -0.3 is 8.98 Å². The highest BCUT2D eigenvalue weighted by molar-refractivity contribution is 6.10. The first-order valence-electron chi connectivity index (χ1n) is 22.1. The normalized spacial score (nSPS) is 13.6. The van der Waals surface area contributed by atoms with Gasteiger partial charge in [-0.15, -0.1) is 0 Å². The summed E-state index contributed by atoms with van der Waals surface area (Å²) in [6, 6.07) is 43.1. The van der Waals surface area contributed by atoms with Crippen molar-refractivity contribution in [2.24, 2.45) is 0 Å². The molecule has 0 unspecified atom stereocenters. The van der Waals surface area contributed by atoms with E-state index in [0.29, 0.717) is 39.6 Å². The van der Waals surface area contributed by atoms with E-state index < -0.39 is 48.3 Å². The number of para-hydroxylation sites is 3. The molecular weight excluding hydrogens is 685 g/mol. The minimum Gasteiger partial charge on any atom is -0.456 e. The van der Waals surface area contributed by atoms with E-state index in [1.54, 1.807) is 6.07 Å². The van der Waals surface area contributed by atoms with Crippen LogP contribution in [0.25, 0.3) is 106 Å². The Morgan fingerprint density at radius 3 is 1.70 bits per heavy atom. The number of fused-ring (bicyclic) bond motifs is 6. The summed E-state index contributed by atoms with van der Waals surface area (Å²) in [6.45, 7) is 0. The van der Waals surface area contributed by atoms with Gasteiger partial charge in [0.15, 0.2) is 17.5 Å². The Labute approximate surface area is 334 Å². The standard InChI is InChI=1S/C51H32N4O/c1-3-14-33(15-4-1)35-18-13-19-36(30-35)37-27-29-46(55-44-23-10-7-20-39(44)40-21-8-11-24-45(40)55)43(31-37)51-53-49(34-16-5-2-6-17-34)52-50(54-51)38-26-28-42-41-22-9-12-25-47(41)56-48(42)32-38/h1-32H/i7D,8D,10D,11D,20D,21D,23D,24D. The molecule has 0 amide bonds. The Morgan fingerprint density at radius 1 is 0.393 bits per heavy atom. The third-order valence-electron chi connectivity index (χ3n) is 10.1. The van der Waals surface area contributed by atoms with Crippen molar-refractivity contribution in [3.63, 3.8) is 0 Å². The van der Waals surface area contributed by atoms with Crippen molar-refractivity contribution >= 4 is 43.7 Å². The monoisotopic (exact) mass is 724 g/mol. The van der Waals surface area contributed by atoms with Gasteiger partial charge in [-0.05, 0) is 70.7 Å². The van der Waals surface area contributed by atoms with Crippen LogP contribution in [0.2, 0.25) is 0 Å². The molecule has 5 nitrogen and oxygen atoms in total. The molecule has 0 aliphatic heterocycles. The first kappa shape index (κ1) is 24.6. The highest BCUT2D eigenvalue weighted by atomic mass is 16.3. The van der Waals surface area contributed by atoms with Crippen molar-refractivity contribution in [1.82, 2.24) is 19.5 Å². The van der Waals surface area contributed by atoms with Crippen LogP contribution in [0.1, 0.15) is 11.0 Å². The molecule has 0 aliphatic carbocycles. The molecule has 0 saturated carbocycles. The third kappa shape index (κ3) is 5.37. The molecule has 8 aromatic carbocycles. The van der Waals surface area contributed by atoms with E-state index in [9.17, 15) is 2.74 Å². The van der Waals surface area contributed by atoms with Crippen molar-refractivity contribution in [2.45, 2.75) is 0 Å². The fourth-order valence-corrected chi connectivity index (χ4v) is 7.47. The van der Waals surface area contributed by atoms with Gasteiger partial charge in [0.25, 0.3) is 0 Å². The number of nitrogens with zero attached hydrogens (tertiary/aromatic N) is 4. The average Bonchev–Trinajstić information content (AvgIpc) is 3.90. The van der Waals surface area contributed by atoms with E-state index in [4.69, 9.17) is 27.6 Å². The lowest BCUT2D eigenvalue weighted by atomic mass is 9.97. The first-order valence-corrected chi connectivity index (χ1v) is 18.1. The predicted octanol–water partition coefficient (Wildman–Crippen LogP) is 13.2. The highest BCUT2D eigenvalue weighted by Gasteiger charge is 2.21. The molecule has 5 heteroatoms. The molecule has 3 aromatic heterocycles. The minimum absolute atomic E-state index is 0.0130. The molecule has 0 atom stereocenters. The highest BCUT2D eigenvalue weighted by Crippen LogP contribution is 2.39. The summed E-state index contributed by atoms with van der Waals surface area (Å²) in [7, 11) is 0. The van der Waals surface area contributed by atoms with Gasteiger partial charge >= 0.3 is 0 Å². The van der Waals surface area contributed by atoms with Crippen LogP contribution in [0.4, 0.5) is 0 Å². The van der Waals surface area contributed by atoms with Crippen LogP contribution < -0.4 is 0 Å². The van der Waals surface area contributed by atoms with E-state index in [2.05, 4.69) is 6.07 Å². The second-order valence-corrected chi connectivity index (χ2v) is 13.4. The fourth-order valence-electron chi connectivity index (χ4n) is 7.47. The molecule has 0 aliphatic rings. The lowest BCUT2D eigenvalue weighted by molar-refractivity contribution is 0.669. The minimum atomic E-state index is -0.520. The van der Waals surface area contributed by atoms with Crippen molar-refractivity contribution < 1.29 is 15.4 Å². The number of hydrogen-bond acceptors (Lipinski definition) is 4. The van der Waals surface area contributed by atoms with Gasteiger partial charge in [-0.3, -0.25) is 0 Å². The molecular formula is C51H32N4O. The third-order valence-corrected chi connectivity index (χ3v) is 10.1. The second kappa shape index (κ2) is 13.0. The summed E-state index contributed by atoms with van der Waals surface area (Å²) in [5.74, 6) is 0.903. The van der Waals surface area contributed by atoms with E-state index in [1.807, 2.05) is 133 Å². The topological polar surface area (TPSA) is 56.7 Å². The van der Waals surface area contributed by atoms with Gasteiger partial charge in [0.1, 0.15) is 11.2 Å².